The lowest BCUT2D eigenvalue weighted by Crippen LogP contribution is -2.12. The third kappa shape index (κ3) is 7.06. The summed E-state index contributed by atoms with van der Waals surface area (Å²) in [5.74, 6) is 0. The molecule has 0 saturated heterocycles. The van der Waals surface area contributed by atoms with Crippen molar-refractivity contribution >= 4 is 21.5 Å². The van der Waals surface area contributed by atoms with E-state index in [0.29, 0.717) is 0 Å². The van der Waals surface area contributed by atoms with Crippen molar-refractivity contribution in [1.82, 2.24) is 10.3 Å². The van der Waals surface area contributed by atoms with Crippen LogP contribution in [-0.2, 0) is 0 Å². The van der Waals surface area contributed by atoms with E-state index in [1.54, 1.807) is 6.20 Å². The molecule has 0 saturated carbocycles. The first-order valence-electron chi connectivity index (χ1n) is 19.6. The summed E-state index contributed by atoms with van der Waals surface area (Å²) in [6.45, 7) is 5.97. The van der Waals surface area contributed by atoms with Gasteiger partial charge in [-0.05, 0) is 132 Å². The van der Waals surface area contributed by atoms with Crippen LogP contribution in [0.1, 0.15) is 18.5 Å². The second-order valence-electron chi connectivity index (χ2n) is 14.4. The highest BCUT2D eigenvalue weighted by Crippen LogP contribution is 2.46. The number of hydrogen-bond acceptors (Lipinski definition) is 2. The minimum Gasteiger partial charge on any atom is -0.381 e. The third-order valence-electron chi connectivity index (χ3n) is 10.9. The molecule has 2 nitrogen and oxygen atoms in total. The summed E-state index contributed by atoms with van der Waals surface area (Å²) in [4.78, 5) is 4.61. The highest BCUT2D eigenvalue weighted by atomic mass is 14.9. The topological polar surface area (TPSA) is 24.9 Å². The lowest BCUT2D eigenvalue weighted by molar-refractivity contribution is 0.756. The molecule has 0 radical (unpaired) electrons. The second-order valence-corrected chi connectivity index (χ2v) is 14.4. The van der Waals surface area contributed by atoms with Crippen molar-refractivity contribution in [3.8, 4) is 66.9 Å². The summed E-state index contributed by atoms with van der Waals surface area (Å²) in [7, 11) is 0. The Labute approximate surface area is 335 Å². The molecule has 0 aliphatic rings. The van der Waals surface area contributed by atoms with Crippen molar-refractivity contribution in [2.45, 2.75) is 13.0 Å². The number of pyridine rings is 1. The van der Waals surface area contributed by atoms with Gasteiger partial charge in [0.25, 0.3) is 0 Å². The van der Waals surface area contributed by atoms with Gasteiger partial charge in [-0.25, -0.2) is 0 Å². The molecule has 57 heavy (non-hydrogen) atoms. The molecular formula is C55H42N2. The van der Waals surface area contributed by atoms with E-state index in [2.05, 4.69) is 205 Å². The summed E-state index contributed by atoms with van der Waals surface area (Å²) >= 11 is 0. The van der Waals surface area contributed by atoms with Crippen LogP contribution in [0.5, 0.6) is 0 Å². The van der Waals surface area contributed by atoms with E-state index in [1.165, 1.54) is 82.7 Å². The molecule has 9 aromatic rings. The number of fused-ring (bicyclic) bond motifs is 2. The van der Waals surface area contributed by atoms with Crippen LogP contribution < -0.4 is 5.32 Å². The number of rotatable bonds is 10. The Bertz CT molecular complexity index is 2800. The van der Waals surface area contributed by atoms with E-state index in [4.69, 9.17) is 0 Å². The van der Waals surface area contributed by atoms with Gasteiger partial charge < -0.3 is 5.32 Å². The van der Waals surface area contributed by atoms with Crippen molar-refractivity contribution < 1.29 is 0 Å². The molecule has 0 amide bonds. The van der Waals surface area contributed by atoms with Crippen LogP contribution in [0.2, 0.25) is 0 Å². The van der Waals surface area contributed by atoms with Crippen molar-refractivity contribution in [2.24, 2.45) is 0 Å². The van der Waals surface area contributed by atoms with Gasteiger partial charge in [-0.2, -0.15) is 0 Å². The average molecular weight is 731 g/mol. The first-order valence-corrected chi connectivity index (χ1v) is 19.6. The normalized spacial score (nSPS) is 11.9. The molecular weight excluding hydrogens is 689 g/mol. The van der Waals surface area contributed by atoms with Crippen molar-refractivity contribution in [3.05, 3.63) is 225 Å². The number of aromatic nitrogens is 1. The van der Waals surface area contributed by atoms with Gasteiger partial charge in [-0.15, -0.1) is 0 Å². The van der Waals surface area contributed by atoms with E-state index in [0.717, 1.165) is 11.3 Å². The Morgan fingerprint density at radius 3 is 1.49 bits per heavy atom. The predicted octanol–water partition coefficient (Wildman–Crippen LogP) is 14.7. The van der Waals surface area contributed by atoms with Crippen LogP contribution >= 0.6 is 0 Å². The summed E-state index contributed by atoms with van der Waals surface area (Å²) in [6.07, 6.45) is 7.85. The van der Waals surface area contributed by atoms with E-state index in [-0.39, 0.29) is 6.04 Å². The average Bonchev–Trinajstić information content (AvgIpc) is 3.29. The fraction of sp³-hybridized carbons (Fsp3) is 0.0364. The van der Waals surface area contributed by atoms with Gasteiger partial charge >= 0.3 is 0 Å². The quantitative estimate of drug-likeness (QED) is 0.112. The first kappa shape index (κ1) is 35.4. The molecule has 272 valence electrons. The molecule has 1 atom stereocenters. The molecule has 0 spiro atoms. The molecule has 8 aromatic carbocycles. The smallest absolute Gasteiger partial charge is 0.0701 e. The van der Waals surface area contributed by atoms with Gasteiger partial charge in [0.05, 0.1) is 11.7 Å². The Morgan fingerprint density at radius 2 is 0.930 bits per heavy atom. The zero-order valence-corrected chi connectivity index (χ0v) is 31.9. The molecule has 1 N–H and O–H groups in total. The Kier molecular flexibility index (Phi) is 9.83. The van der Waals surface area contributed by atoms with Gasteiger partial charge in [0.15, 0.2) is 0 Å². The Morgan fingerprint density at radius 1 is 0.439 bits per heavy atom. The lowest BCUT2D eigenvalue weighted by Gasteiger charge is -2.20. The molecule has 0 aliphatic heterocycles. The molecule has 0 bridgehead atoms. The van der Waals surface area contributed by atoms with Crippen LogP contribution in [0.25, 0.3) is 88.4 Å². The van der Waals surface area contributed by atoms with Crippen molar-refractivity contribution in [2.75, 3.05) is 0 Å². The van der Waals surface area contributed by atoms with Crippen LogP contribution in [0.3, 0.4) is 0 Å². The zero-order chi connectivity index (χ0) is 38.6. The molecule has 1 heterocycles. The maximum atomic E-state index is 4.61. The van der Waals surface area contributed by atoms with Crippen LogP contribution in [0.15, 0.2) is 219 Å². The largest absolute Gasteiger partial charge is 0.381 e. The van der Waals surface area contributed by atoms with Gasteiger partial charge in [0.2, 0.25) is 0 Å². The molecule has 1 unspecified atom stereocenters. The Balaban J connectivity index is 1.29. The summed E-state index contributed by atoms with van der Waals surface area (Å²) in [5.41, 5.74) is 15.2. The fourth-order valence-corrected chi connectivity index (χ4v) is 8.15. The number of nitrogens with one attached hydrogen (secondary N) is 1. The van der Waals surface area contributed by atoms with Gasteiger partial charge in [-0.1, -0.05) is 170 Å². The molecule has 9 rings (SSSR count). The number of allylic oxidation sites excluding steroid dienone is 1. The molecule has 2 heteroatoms. The molecule has 1 aromatic heterocycles. The number of benzene rings is 8. The maximum Gasteiger partial charge on any atom is 0.0701 e. The molecule has 0 aliphatic carbocycles. The zero-order valence-electron chi connectivity index (χ0n) is 31.9. The van der Waals surface area contributed by atoms with Crippen LogP contribution in [0, 0.1) is 0 Å². The summed E-state index contributed by atoms with van der Waals surface area (Å²) in [5, 5.41) is 8.25. The van der Waals surface area contributed by atoms with Crippen LogP contribution in [-0.4, -0.2) is 4.98 Å². The minimum atomic E-state index is 0.0498. The van der Waals surface area contributed by atoms with Gasteiger partial charge in [0.1, 0.15) is 0 Å². The lowest BCUT2D eigenvalue weighted by atomic mass is 9.84. The van der Waals surface area contributed by atoms with E-state index >= 15 is 0 Å². The van der Waals surface area contributed by atoms with E-state index < -0.39 is 0 Å². The summed E-state index contributed by atoms with van der Waals surface area (Å²) < 4.78 is 0. The van der Waals surface area contributed by atoms with Gasteiger partial charge in [-0.3, -0.25) is 4.98 Å². The SMILES string of the molecule is C=CNC(/C=C\C)c1ccc(-c2c3ccccc3c(-c3ccc(-c4ccccn4)cc3)c3ccc(-c4cc(-c5ccccc5)cc(-c5ccccc5)c4)cc23)cc1. The highest BCUT2D eigenvalue weighted by molar-refractivity contribution is 6.22. The Hall–Kier alpha value is -7.29. The predicted molar refractivity (Wildman–Crippen MR) is 243 cm³/mol. The van der Waals surface area contributed by atoms with Gasteiger partial charge in [0, 0.05) is 11.8 Å². The number of hydrogen-bond donors (Lipinski definition) is 1. The van der Waals surface area contributed by atoms with E-state index in [1.807, 2.05) is 25.3 Å². The van der Waals surface area contributed by atoms with Crippen LogP contribution in [0.4, 0.5) is 0 Å². The third-order valence-corrected chi connectivity index (χ3v) is 10.9. The number of nitrogens with zero attached hydrogens (tertiary/aromatic N) is 1. The first-order chi connectivity index (χ1) is 28.2. The van der Waals surface area contributed by atoms with Crippen molar-refractivity contribution in [1.29, 1.82) is 0 Å². The van der Waals surface area contributed by atoms with Crippen molar-refractivity contribution in [3.63, 3.8) is 0 Å². The summed E-state index contributed by atoms with van der Waals surface area (Å²) in [6, 6.07) is 68.3. The maximum absolute atomic E-state index is 4.61. The second kappa shape index (κ2) is 15.8. The van der Waals surface area contributed by atoms with E-state index in [9.17, 15) is 0 Å². The fourth-order valence-electron chi connectivity index (χ4n) is 8.15. The molecule has 0 fully saturated rings. The minimum absolute atomic E-state index is 0.0498. The highest BCUT2D eigenvalue weighted by Gasteiger charge is 2.19. The standard InChI is InChI=1S/C55H42N2/c1-3-15-52(56-4-2)40-23-29-43(30-24-40)55-49-21-12-11-20-48(49)54(42-27-25-41(26-28-42)53-22-13-14-33-57-53)50-32-31-44(37-51(50)55)47-35-45(38-16-7-5-8-17-38)34-46(36-47)39-18-9-6-10-19-39/h3-37,52,56H,2H2,1H3/b15-3-. The monoisotopic (exact) mass is 730 g/mol.